The molecule has 0 saturated carbocycles. The SMILES string of the molecule is N=S(=O)(c1ccc(COC2CN(C(=O)N3CCC(c4ncn[nH]4)C3)C2)c(F)c1)C(F)(F)F. The molecule has 0 aliphatic carbocycles. The molecule has 3 heterocycles. The van der Waals surface area contributed by atoms with Crippen molar-refractivity contribution in [3.05, 3.63) is 41.7 Å². The van der Waals surface area contributed by atoms with Crippen LogP contribution in [0.25, 0.3) is 0 Å². The van der Waals surface area contributed by atoms with Gasteiger partial charge in [-0.15, -0.1) is 0 Å². The molecule has 0 bridgehead atoms. The number of aromatic amines is 1. The zero-order valence-corrected chi connectivity index (χ0v) is 17.5. The van der Waals surface area contributed by atoms with E-state index in [1.165, 1.54) is 6.33 Å². The van der Waals surface area contributed by atoms with E-state index in [4.69, 9.17) is 9.52 Å². The smallest absolute Gasteiger partial charge is 0.370 e. The zero-order valence-electron chi connectivity index (χ0n) is 16.6. The number of likely N-dealkylation sites (tertiary alicyclic amines) is 2. The number of ether oxygens (including phenoxy) is 1. The lowest BCUT2D eigenvalue weighted by Gasteiger charge is -2.40. The van der Waals surface area contributed by atoms with Gasteiger partial charge in [0, 0.05) is 24.6 Å². The number of urea groups is 1. The van der Waals surface area contributed by atoms with Crippen LogP contribution in [-0.4, -0.2) is 73.0 Å². The lowest BCUT2D eigenvalue weighted by molar-refractivity contribution is -0.0494. The second kappa shape index (κ2) is 8.31. The minimum Gasteiger partial charge on any atom is -0.370 e. The van der Waals surface area contributed by atoms with Gasteiger partial charge in [0.1, 0.15) is 18.0 Å². The number of hydrogen-bond acceptors (Lipinski definition) is 6. The molecule has 2 aromatic rings. The van der Waals surface area contributed by atoms with Gasteiger partial charge < -0.3 is 14.5 Å². The molecule has 2 amide bonds. The highest BCUT2D eigenvalue weighted by Crippen LogP contribution is 2.32. The summed E-state index contributed by atoms with van der Waals surface area (Å²) in [6.45, 7) is 1.54. The summed E-state index contributed by atoms with van der Waals surface area (Å²) < 4.78 is 76.5. The second-order valence-corrected chi connectivity index (χ2v) is 9.72. The highest BCUT2D eigenvalue weighted by atomic mass is 32.2. The Labute approximate surface area is 180 Å². The summed E-state index contributed by atoms with van der Waals surface area (Å²) in [5.74, 6) is -0.180. The average Bonchev–Trinajstić information content (AvgIpc) is 3.38. The van der Waals surface area contributed by atoms with Crippen LogP contribution in [0.15, 0.2) is 29.4 Å². The number of nitrogens with one attached hydrogen (secondary N) is 2. The van der Waals surface area contributed by atoms with E-state index in [1.54, 1.807) is 9.80 Å². The Balaban J connectivity index is 1.26. The van der Waals surface area contributed by atoms with Gasteiger partial charge in [-0.05, 0) is 18.6 Å². The Hall–Kier alpha value is -2.74. The first-order chi connectivity index (χ1) is 15.1. The topological polar surface area (TPSA) is 115 Å². The van der Waals surface area contributed by atoms with Crippen LogP contribution in [0.3, 0.4) is 0 Å². The van der Waals surface area contributed by atoms with Gasteiger partial charge in [-0.25, -0.2) is 23.2 Å². The van der Waals surface area contributed by atoms with Crippen molar-refractivity contribution >= 4 is 15.8 Å². The highest BCUT2D eigenvalue weighted by molar-refractivity contribution is 7.93. The number of rotatable bonds is 5. The van der Waals surface area contributed by atoms with Gasteiger partial charge in [0.25, 0.3) is 0 Å². The molecule has 14 heteroatoms. The van der Waals surface area contributed by atoms with E-state index in [-0.39, 0.29) is 30.2 Å². The van der Waals surface area contributed by atoms with Crippen LogP contribution in [0, 0.1) is 10.6 Å². The average molecular weight is 476 g/mol. The van der Waals surface area contributed by atoms with Crippen LogP contribution in [0.1, 0.15) is 23.7 Å². The Bertz CT molecular complexity index is 1090. The molecular formula is C18H20F4N6O3S. The normalized spacial score (nSPS) is 21.4. The maximum Gasteiger partial charge on any atom is 0.483 e. The molecule has 2 unspecified atom stereocenters. The van der Waals surface area contributed by atoms with Crippen LogP contribution in [-0.2, 0) is 21.1 Å². The van der Waals surface area contributed by atoms with Gasteiger partial charge in [-0.1, -0.05) is 6.07 Å². The third kappa shape index (κ3) is 4.28. The van der Waals surface area contributed by atoms with Gasteiger partial charge in [0.2, 0.25) is 0 Å². The number of amides is 2. The third-order valence-corrected chi connectivity index (χ3v) is 7.12. The molecule has 4 rings (SSSR count). The number of benzene rings is 1. The van der Waals surface area contributed by atoms with Crippen LogP contribution in [0.4, 0.5) is 22.4 Å². The van der Waals surface area contributed by atoms with Crippen molar-refractivity contribution in [1.29, 1.82) is 4.78 Å². The summed E-state index contributed by atoms with van der Waals surface area (Å²) in [4.78, 5) is 19.1. The fraction of sp³-hybridized carbons (Fsp3) is 0.500. The highest BCUT2D eigenvalue weighted by Gasteiger charge is 2.43. The number of halogens is 4. The summed E-state index contributed by atoms with van der Waals surface area (Å²) in [6.07, 6.45) is 1.87. The summed E-state index contributed by atoms with van der Waals surface area (Å²) in [5.41, 5.74) is -5.31. The molecule has 174 valence electrons. The van der Waals surface area contributed by atoms with E-state index >= 15 is 0 Å². The molecule has 9 nitrogen and oxygen atoms in total. The molecule has 1 aromatic carbocycles. The molecule has 1 aromatic heterocycles. The van der Waals surface area contributed by atoms with Crippen molar-refractivity contribution in [3.63, 3.8) is 0 Å². The van der Waals surface area contributed by atoms with Crippen LogP contribution < -0.4 is 0 Å². The van der Waals surface area contributed by atoms with Gasteiger partial charge in [0.15, 0.2) is 9.73 Å². The van der Waals surface area contributed by atoms with Gasteiger partial charge in [-0.2, -0.15) is 18.3 Å². The number of nitrogens with zero attached hydrogens (tertiary/aromatic N) is 4. The number of alkyl halides is 3. The van der Waals surface area contributed by atoms with Crippen molar-refractivity contribution in [2.24, 2.45) is 0 Å². The fourth-order valence-corrected chi connectivity index (χ4v) is 4.43. The van der Waals surface area contributed by atoms with E-state index < -0.39 is 26.0 Å². The zero-order chi connectivity index (χ0) is 23.1. The molecule has 2 N–H and O–H groups in total. The molecule has 2 aliphatic heterocycles. The summed E-state index contributed by atoms with van der Waals surface area (Å²) in [7, 11) is -5.12. The van der Waals surface area contributed by atoms with Crippen LogP contribution in [0.2, 0.25) is 0 Å². The quantitative estimate of drug-likeness (QED) is 0.644. The van der Waals surface area contributed by atoms with E-state index in [0.29, 0.717) is 32.2 Å². The van der Waals surface area contributed by atoms with E-state index in [0.717, 1.165) is 24.4 Å². The van der Waals surface area contributed by atoms with E-state index in [9.17, 15) is 26.6 Å². The number of hydrogen-bond donors (Lipinski definition) is 2. The first kappa shape index (κ1) is 22.5. The van der Waals surface area contributed by atoms with Gasteiger partial charge in [-0.3, -0.25) is 5.10 Å². The largest absolute Gasteiger partial charge is 0.483 e. The Kier molecular flexibility index (Phi) is 5.83. The van der Waals surface area contributed by atoms with Crippen molar-refractivity contribution in [2.45, 2.75) is 35.5 Å². The molecule has 2 saturated heterocycles. The number of aromatic nitrogens is 3. The van der Waals surface area contributed by atoms with E-state index in [1.807, 2.05) is 0 Å². The Morgan fingerprint density at radius 3 is 2.66 bits per heavy atom. The van der Waals surface area contributed by atoms with Gasteiger partial charge >= 0.3 is 11.5 Å². The van der Waals surface area contributed by atoms with Crippen LogP contribution >= 0.6 is 0 Å². The Morgan fingerprint density at radius 1 is 1.28 bits per heavy atom. The minimum absolute atomic E-state index is 0.0228. The fourth-order valence-electron chi connectivity index (χ4n) is 3.63. The van der Waals surface area contributed by atoms with E-state index in [2.05, 4.69) is 15.2 Å². The summed E-state index contributed by atoms with van der Waals surface area (Å²) >= 11 is 0. The maximum atomic E-state index is 14.2. The molecule has 2 aliphatic rings. The molecule has 0 spiro atoms. The predicted molar refractivity (Wildman–Crippen MR) is 102 cm³/mol. The summed E-state index contributed by atoms with van der Waals surface area (Å²) in [5, 5.41) is 6.63. The third-order valence-electron chi connectivity index (χ3n) is 5.55. The van der Waals surface area contributed by atoms with Crippen LogP contribution in [0.5, 0.6) is 0 Å². The lowest BCUT2D eigenvalue weighted by atomic mass is 10.1. The molecule has 2 fully saturated rings. The predicted octanol–water partition coefficient (Wildman–Crippen LogP) is 2.68. The second-order valence-electron chi connectivity index (χ2n) is 7.68. The number of carbonyl (C=O) groups is 1. The first-order valence-electron chi connectivity index (χ1n) is 9.70. The van der Waals surface area contributed by atoms with Gasteiger partial charge in [0.05, 0.1) is 30.7 Å². The number of carbonyl (C=O) groups excluding carboxylic acids is 1. The van der Waals surface area contributed by atoms with Crippen molar-refractivity contribution < 1.29 is 31.3 Å². The first-order valence-corrected chi connectivity index (χ1v) is 11.3. The monoisotopic (exact) mass is 476 g/mol. The molecule has 32 heavy (non-hydrogen) atoms. The van der Waals surface area contributed by atoms with Crippen molar-refractivity contribution in [1.82, 2.24) is 25.0 Å². The Morgan fingerprint density at radius 2 is 2.03 bits per heavy atom. The lowest BCUT2D eigenvalue weighted by Crippen LogP contribution is -2.58. The molecular weight excluding hydrogens is 456 g/mol. The minimum atomic E-state index is -5.29. The molecule has 0 radical (unpaired) electrons. The van der Waals surface area contributed by atoms with Crippen molar-refractivity contribution in [3.8, 4) is 0 Å². The standard InChI is InChI=1S/C18H20F4N6O3S/c19-15-5-14(32(23,30)18(20,21)22)2-1-12(15)9-31-13-7-28(8-13)17(29)27-4-3-11(6-27)16-24-10-25-26-16/h1-2,5,10-11,13,23H,3-4,6-9H2,(H,24,25,26). The number of H-pyrrole nitrogens is 1. The maximum absolute atomic E-state index is 14.2. The summed E-state index contributed by atoms with van der Waals surface area (Å²) in [6, 6.07) is 2.18. The molecule has 2 atom stereocenters. The van der Waals surface area contributed by atoms with Crippen molar-refractivity contribution in [2.75, 3.05) is 26.2 Å².